The average molecular weight is 1050 g/mol. The first kappa shape index (κ1) is 71.6. The fourth-order valence-corrected chi connectivity index (χ4v) is 9.16. The zero-order valence-electron chi connectivity index (χ0n) is 49.6. The molecule has 0 aliphatic carbocycles. The molecule has 75 heavy (non-hydrogen) atoms. The maximum absolute atomic E-state index is 12.9. The van der Waals surface area contributed by atoms with E-state index in [-0.39, 0.29) is 31.1 Å². The number of esters is 3. The third-order valence-electron chi connectivity index (χ3n) is 13.9. The normalized spacial score (nSPS) is 12.6. The van der Waals surface area contributed by atoms with E-state index in [1.165, 1.54) is 154 Å². The van der Waals surface area contributed by atoms with Crippen LogP contribution in [0.4, 0.5) is 0 Å². The van der Waals surface area contributed by atoms with Gasteiger partial charge >= 0.3 is 17.9 Å². The average Bonchev–Trinajstić information content (AvgIpc) is 3.41. The van der Waals surface area contributed by atoms with Crippen LogP contribution in [0.25, 0.3) is 0 Å². The summed E-state index contributed by atoms with van der Waals surface area (Å²) in [4.78, 5) is 38.4. The summed E-state index contributed by atoms with van der Waals surface area (Å²) in [7, 11) is 0. The number of hydrogen-bond donors (Lipinski definition) is 0. The molecule has 0 fully saturated rings. The highest BCUT2D eigenvalue weighted by molar-refractivity contribution is 5.71. The summed E-state index contributed by atoms with van der Waals surface area (Å²) in [6, 6.07) is 0. The molecular weight excluding hydrogens is 925 g/mol. The Kier molecular flexibility index (Phi) is 60.3. The molecule has 0 aliphatic heterocycles. The first-order valence-electron chi connectivity index (χ1n) is 32.1. The molecule has 6 nitrogen and oxygen atoms in total. The van der Waals surface area contributed by atoms with Crippen LogP contribution in [-0.4, -0.2) is 37.2 Å². The molecule has 0 saturated heterocycles. The van der Waals surface area contributed by atoms with Crippen molar-refractivity contribution in [3.8, 4) is 0 Å². The van der Waals surface area contributed by atoms with Crippen molar-refractivity contribution in [2.75, 3.05) is 13.2 Å². The van der Waals surface area contributed by atoms with E-state index in [0.29, 0.717) is 19.3 Å². The second-order valence-corrected chi connectivity index (χ2v) is 21.3. The summed E-state index contributed by atoms with van der Waals surface area (Å²) >= 11 is 0. The Balaban J connectivity index is 4.38. The number of hydrogen-bond acceptors (Lipinski definition) is 6. The molecule has 0 spiro atoms. The van der Waals surface area contributed by atoms with Gasteiger partial charge in [0.2, 0.25) is 0 Å². The number of unbranched alkanes of at least 4 members (excludes halogenated alkanes) is 33. The summed E-state index contributed by atoms with van der Waals surface area (Å²) in [6.45, 7) is 6.44. The Labute approximate surface area is 465 Å². The van der Waals surface area contributed by atoms with Crippen molar-refractivity contribution in [3.05, 3.63) is 85.1 Å². The summed E-state index contributed by atoms with van der Waals surface area (Å²) in [5.74, 6) is -0.893. The summed E-state index contributed by atoms with van der Waals surface area (Å²) in [5.41, 5.74) is 0. The van der Waals surface area contributed by atoms with Gasteiger partial charge in [0.05, 0.1) is 0 Å². The topological polar surface area (TPSA) is 78.9 Å². The van der Waals surface area contributed by atoms with Crippen LogP contribution in [0.3, 0.4) is 0 Å². The minimum Gasteiger partial charge on any atom is -0.462 e. The van der Waals surface area contributed by atoms with Crippen molar-refractivity contribution >= 4 is 17.9 Å². The minimum absolute atomic E-state index is 0.0832. The lowest BCUT2D eigenvalue weighted by molar-refractivity contribution is -0.167. The molecule has 1 unspecified atom stereocenters. The van der Waals surface area contributed by atoms with Crippen LogP contribution in [0.2, 0.25) is 0 Å². The predicted molar refractivity (Wildman–Crippen MR) is 325 cm³/mol. The van der Waals surface area contributed by atoms with E-state index >= 15 is 0 Å². The quantitative estimate of drug-likeness (QED) is 0.0261. The van der Waals surface area contributed by atoms with E-state index in [1.54, 1.807) is 0 Å². The van der Waals surface area contributed by atoms with Crippen molar-refractivity contribution < 1.29 is 28.6 Å². The third kappa shape index (κ3) is 61.3. The van der Waals surface area contributed by atoms with Gasteiger partial charge in [-0.3, -0.25) is 14.4 Å². The van der Waals surface area contributed by atoms with Gasteiger partial charge in [0.1, 0.15) is 13.2 Å². The number of allylic oxidation sites excluding steroid dienone is 14. The Morgan fingerprint density at radius 1 is 0.280 bits per heavy atom. The molecule has 0 bridgehead atoms. The maximum atomic E-state index is 12.9. The number of rotatable bonds is 58. The van der Waals surface area contributed by atoms with E-state index < -0.39 is 6.10 Å². The fourth-order valence-electron chi connectivity index (χ4n) is 9.16. The SMILES string of the molecule is CC/C=C\C/C=C\C/C=C\C/C=C\CCCCCCCCC(=O)OC(COC(=O)CCCCCCCCC/C=C\C/C=C\C/C=C\CC)COC(=O)CCCCCCCCCCCCCCCCCCCCCCC. The van der Waals surface area contributed by atoms with Gasteiger partial charge in [-0.2, -0.15) is 0 Å². The van der Waals surface area contributed by atoms with E-state index in [0.717, 1.165) is 122 Å². The standard InChI is InChI=1S/C69H120O6/c1-4-7-10-13-16-19-22-25-28-31-33-34-36-38-41-44-47-50-53-56-59-62-68(71)74-65-66(64-73-67(70)61-58-55-52-49-46-43-40-37-30-27-24-21-18-15-12-9-6-3)75-69(72)63-60-57-54-51-48-45-42-39-35-32-29-26-23-20-17-14-11-8-5-2/h8-9,11-12,17-18,20-21,26-27,29-30,35,39,66H,4-7,10,13-16,19,22-25,28,31-34,36-38,40-65H2,1-3H3/b11-8-,12-9-,20-17-,21-18-,29-26-,30-27-,39-35-. The maximum Gasteiger partial charge on any atom is 0.306 e. The molecule has 1 atom stereocenters. The van der Waals surface area contributed by atoms with Gasteiger partial charge in [0.25, 0.3) is 0 Å². The van der Waals surface area contributed by atoms with Gasteiger partial charge in [0, 0.05) is 19.3 Å². The van der Waals surface area contributed by atoms with Crippen LogP contribution in [0.15, 0.2) is 85.1 Å². The number of carbonyl (C=O) groups excluding carboxylic acids is 3. The molecule has 0 saturated carbocycles. The van der Waals surface area contributed by atoms with Crippen molar-refractivity contribution in [1.82, 2.24) is 0 Å². The van der Waals surface area contributed by atoms with Crippen molar-refractivity contribution in [2.24, 2.45) is 0 Å². The third-order valence-corrected chi connectivity index (χ3v) is 13.9. The Bertz CT molecular complexity index is 1430. The molecule has 0 heterocycles. The molecule has 0 rings (SSSR count). The van der Waals surface area contributed by atoms with Crippen LogP contribution in [0.1, 0.15) is 316 Å². The Morgan fingerprint density at radius 2 is 0.520 bits per heavy atom. The second-order valence-electron chi connectivity index (χ2n) is 21.3. The molecular formula is C69H120O6. The van der Waals surface area contributed by atoms with Gasteiger partial charge in [0.15, 0.2) is 6.10 Å². The van der Waals surface area contributed by atoms with Crippen LogP contribution in [-0.2, 0) is 28.6 Å². The zero-order chi connectivity index (χ0) is 54.3. The van der Waals surface area contributed by atoms with Crippen LogP contribution < -0.4 is 0 Å². The molecule has 0 aliphatic rings. The highest BCUT2D eigenvalue weighted by atomic mass is 16.6. The molecule has 0 aromatic heterocycles. The van der Waals surface area contributed by atoms with Gasteiger partial charge in [-0.05, 0) is 89.9 Å². The van der Waals surface area contributed by atoms with Crippen LogP contribution in [0.5, 0.6) is 0 Å². The van der Waals surface area contributed by atoms with Crippen molar-refractivity contribution in [3.63, 3.8) is 0 Å². The lowest BCUT2D eigenvalue weighted by Gasteiger charge is -2.18. The molecule has 0 aromatic carbocycles. The zero-order valence-corrected chi connectivity index (χ0v) is 49.6. The smallest absolute Gasteiger partial charge is 0.306 e. The molecule has 6 heteroatoms. The lowest BCUT2D eigenvalue weighted by Crippen LogP contribution is -2.30. The summed E-state index contributed by atoms with van der Waals surface area (Å²) in [6.07, 6.45) is 83.0. The monoisotopic (exact) mass is 1040 g/mol. The van der Waals surface area contributed by atoms with Gasteiger partial charge in [-0.25, -0.2) is 0 Å². The molecule has 432 valence electrons. The van der Waals surface area contributed by atoms with E-state index in [2.05, 4.69) is 106 Å². The van der Waals surface area contributed by atoms with Crippen molar-refractivity contribution in [2.45, 2.75) is 322 Å². The molecule has 0 amide bonds. The molecule has 0 radical (unpaired) electrons. The predicted octanol–water partition coefficient (Wildman–Crippen LogP) is 21.9. The van der Waals surface area contributed by atoms with E-state index in [9.17, 15) is 14.4 Å². The van der Waals surface area contributed by atoms with Crippen molar-refractivity contribution in [1.29, 1.82) is 0 Å². The largest absolute Gasteiger partial charge is 0.462 e. The first-order chi connectivity index (χ1) is 37.0. The van der Waals surface area contributed by atoms with Gasteiger partial charge in [-0.1, -0.05) is 292 Å². The summed E-state index contributed by atoms with van der Waals surface area (Å²) in [5, 5.41) is 0. The highest BCUT2D eigenvalue weighted by Crippen LogP contribution is 2.17. The number of ether oxygens (including phenoxy) is 3. The van der Waals surface area contributed by atoms with Gasteiger partial charge < -0.3 is 14.2 Å². The van der Waals surface area contributed by atoms with Gasteiger partial charge in [-0.15, -0.1) is 0 Å². The first-order valence-corrected chi connectivity index (χ1v) is 32.1. The molecule has 0 aromatic rings. The fraction of sp³-hybridized carbons (Fsp3) is 0.754. The molecule has 0 N–H and O–H groups in total. The van der Waals surface area contributed by atoms with Crippen LogP contribution in [0, 0.1) is 0 Å². The summed E-state index contributed by atoms with van der Waals surface area (Å²) < 4.78 is 16.9. The highest BCUT2D eigenvalue weighted by Gasteiger charge is 2.19. The minimum atomic E-state index is -0.789. The number of carbonyl (C=O) groups is 3. The Morgan fingerprint density at radius 3 is 0.813 bits per heavy atom. The lowest BCUT2D eigenvalue weighted by atomic mass is 10.0. The van der Waals surface area contributed by atoms with E-state index in [1.807, 2.05) is 0 Å². The van der Waals surface area contributed by atoms with Crippen LogP contribution >= 0.6 is 0 Å². The second kappa shape index (κ2) is 63.1. The van der Waals surface area contributed by atoms with E-state index in [4.69, 9.17) is 14.2 Å². The Hall–Kier alpha value is -3.41.